The largest absolute Gasteiger partial charge is 0.491 e. The third kappa shape index (κ3) is 5.18. The molecule has 1 aliphatic heterocycles. The summed E-state index contributed by atoms with van der Waals surface area (Å²) in [7, 11) is 0. The summed E-state index contributed by atoms with van der Waals surface area (Å²) in [5.41, 5.74) is 0. The van der Waals surface area contributed by atoms with Crippen LogP contribution in [0.3, 0.4) is 0 Å². The minimum absolute atomic E-state index is 0.343. The number of morpholine rings is 1. The first-order valence-corrected chi connectivity index (χ1v) is 9.44. The number of halogens is 1. The number of ether oxygens (including phenoxy) is 3. The minimum Gasteiger partial charge on any atom is -0.491 e. The third-order valence-electron chi connectivity index (χ3n) is 4.68. The maximum atomic E-state index is 6.18. The zero-order valence-corrected chi connectivity index (χ0v) is 15.2. The molecular weight excluding hydrogens is 358 g/mol. The fraction of sp³-hybridized carbons (Fsp3) is 0.667. The highest BCUT2D eigenvalue weighted by Gasteiger charge is 2.31. The quantitative estimate of drug-likeness (QED) is 0.703. The van der Waals surface area contributed by atoms with Crippen LogP contribution < -0.4 is 4.74 Å². The summed E-state index contributed by atoms with van der Waals surface area (Å²) in [5.74, 6) is 0.894. The Morgan fingerprint density at radius 1 is 1.04 bits per heavy atom. The molecule has 0 spiro atoms. The molecule has 0 radical (unpaired) electrons. The number of benzene rings is 1. The summed E-state index contributed by atoms with van der Waals surface area (Å²) < 4.78 is 18.5. The first-order valence-electron chi connectivity index (χ1n) is 8.65. The van der Waals surface area contributed by atoms with Crippen molar-refractivity contribution in [2.24, 2.45) is 0 Å². The molecular formula is C18H26BrNO3. The molecule has 5 heteroatoms. The lowest BCUT2D eigenvalue weighted by atomic mass is 9.91. The first-order chi connectivity index (χ1) is 11.3. The van der Waals surface area contributed by atoms with Crippen LogP contribution in [0.5, 0.6) is 5.75 Å². The number of hydrogen-bond donors (Lipinski definition) is 0. The molecule has 1 saturated heterocycles. The van der Waals surface area contributed by atoms with E-state index in [1.165, 1.54) is 25.7 Å². The zero-order valence-electron chi connectivity index (χ0n) is 13.6. The Balaban J connectivity index is 1.42. The molecule has 128 valence electrons. The number of hydrogen-bond acceptors (Lipinski definition) is 4. The molecule has 2 atom stereocenters. The summed E-state index contributed by atoms with van der Waals surface area (Å²) in [6.45, 7) is 5.06. The highest BCUT2D eigenvalue weighted by molar-refractivity contribution is 9.10. The van der Waals surface area contributed by atoms with E-state index in [-0.39, 0.29) is 0 Å². The van der Waals surface area contributed by atoms with Gasteiger partial charge in [0.15, 0.2) is 0 Å². The first kappa shape index (κ1) is 17.2. The van der Waals surface area contributed by atoms with Gasteiger partial charge in [-0.3, -0.25) is 4.90 Å². The van der Waals surface area contributed by atoms with Gasteiger partial charge in [0.25, 0.3) is 0 Å². The SMILES string of the molecule is Brc1ccc(OCCOC2CCCCC2N2CCOCC2)cc1. The molecule has 1 saturated carbocycles. The molecule has 1 aromatic rings. The van der Waals surface area contributed by atoms with Gasteiger partial charge in [-0.05, 0) is 37.1 Å². The Bertz CT molecular complexity index is 462. The molecule has 0 N–H and O–H groups in total. The van der Waals surface area contributed by atoms with E-state index in [0.717, 1.165) is 36.5 Å². The fourth-order valence-electron chi connectivity index (χ4n) is 3.49. The zero-order chi connectivity index (χ0) is 15.9. The lowest BCUT2D eigenvalue weighted by Gasteiger charge is -2.41. The Labute approximate surface area is 147 Å². The van der Waals surface area contributed by atoms with Gasteiger partial charge in [-0.1, -0.05) is 28.8 Å². The summed E-state index contributed by atoms with van der Waals surface area (Å²) in [4.78, 5) is 2.56. The lowest BCUT2D eigenvalue weighted by molar-refractivity contribution is -0.0698. The van der Waals surface area contributed by atoms with Gasteiger partial charge in [0.05, 0.1) is 25.9 Å². The normalized spacial score (nSPS) is 26.1. The molecule has 0 amide bonds. The van der Waals surface area contributed by atoms with Crippen LogP contribution in [0.2, 0.25) is 0 Å². The Hall–Kier alpha value is -0.620. The van der Waals surface area contributed by atoms with Crippen molar-refractivity contribution in [2.75, 3.05) is 39.5 Å². The van der Waals surface area contributed by atoms with Crippen molar-refractivity contribution in [3.05, 3.63) is 28.7 Å². The fourth-order valence-corrected chi connectivity index (χ4v) is 3.75. The van der Waals surface area contributed by atoms with Crippen LogP contribution in [0.4, 0.5) is 0 Å². The van der Waals surface area contributed by atoms with E-state index in [1.54, 1.807) is 0 Å². The number of rotatable bonds is 6. The van der Waals surface area contributed by atoms with Crippen LogP contribution in [0.15, 0.2) is 28.7 Å². The molecule has 1 heterocycles. The smallest absolute Gasteiger partial charge is 0.119 e. The predicted molar refractivity (Wildman–Crippen MR) is 94.0 cm³/mol. The van der Waals surface area contributed by atoms with Crippen LogP contribution in [-0.4, -0.2) is 56.6 Å². The highest BCUT2D eigenvalue weighted by Crippen LogP contribution is 2.26. The van der Waals surface area contributed by atoms with Gasteiger partial charge >= 0.3 is 0 Å². The van der Waals surface area contributed by atoms with Crippen LogP contribution in [0.1, 0.15) is 25.7 Å². The van der Waals surface area contributed by atoms with Gasteiger partial charge in [0.1, 0.15) is 12.4 Å². The van der Waals surface area contributed by atoms with E-state index < -0.39 is 0 Å². The van der Waals surface area contributed by atoms with E-state index in [1.807, 2.05) is 24.3 Å². The molecule has 4 nitrogen and oxygen atoms in total. The Morgan fingerprint density at radius 2 is 1.78 bits per heavy atom. The van der Waals surface area contributed by atoms with E-state index in [4.69, 9.17) is 14.2 Å². The predicted octanol–water partition coefficient (Wildman–Crippen LogP) is 3.49. The summed E-state index contributed by atoms with van der Waals surface area (Å²) in [6, 6.07) is 8.49. The molecule has 1 aromatic carbocycles. The van der Waals surface area contributed by atoms with Gasteiger partial charge in [0.2, 0.25) is 0 Å². The molecule has 0 bridgehead atoms. The number of nitrogens with zero attached hydrogens (tertiary/aromatic N) is 1. The second-order valence-electron chi connectivity index (χ2n) is 6.21. The molecule has 2 fully saturated rings. The van der Waals surface area contributed by atoms with Gasteiger partial charge in [0, 0.05) is 23.6 Å². The minimum atomic E-state index is 0.343. The summed E-state index contributed by atoms with van der Waals surface area (Å²) in [6.07, 6.45) is 5.35. The summed E-state index contributed by atoms with van der Waals surface area (Å²) >= 11 is 3.43. The molecule has 0 aromatic heterocycles. The van der Waals surface area contributed by atoms with E-state index >= 15 is 0 Å². The average molecular weight is 384 g/mol. The van der Waals surface area contributed by atoms with Crippen molar-refractivity contribution in [1.29, 1.82) is 0 Å². The lowest BCUT2D eigenvalue weighted by Crippen LogP contribution is -2.51. The second-order valence-corrected chi connectivity index (χ2v) is 7.13. The highest BCUT2D eigenvalue weighted by atomic mass is 79.9. The van der Waals surface area contributed by atoms with Gasteiger partial charge in [-0.2, -0.15) is 0 Å². The monoisotopic (exact) mass is 383 g/mol. The maximum Gasteiger partial charge on any atom is 0.119 e. The molecule has 2 unspecified atom stereocenters. The molecule has 3 rings (SSSR count). The Kier molecular flexibility index (Phi) is 6.75. The van der Waals surface area contributed by atoms with Crippen LogP contribution in [0, 0.1) is 0 Å². The second kappa shape index (κ2) is 9.02. The van der Waals surface area contributed by atoms with Crippen LogP contribution in [-0.2, 0) is 9.47 Å². The topological polar surface area (TPSA) is 30.9 Å². The maximum absolute atomic E-state index is 6.18. The Morgan fingerprint density at radius 3 is 2.57 bits per heavy atom. The standard InChI is InChI=1S/C18H26BrNO3/c19-15-5-7-16(8-6-15)22-13-14-23-18-4-2-1-3-17(18)20-9-11-21-12-10-20/h5-8,17-18H,1-4,9-14H2. The van der Waals surface area contributed by atoms with Crippen molar-refractivity contribution in [3.63, 3.8) is 0 Å². The van der Waals surface area contributed by atoms with Crippen molar-refractivity contribution in [2.45, 2.75) is 37.8 Å². The molecule has 1 aliphatic carbocycles. The van der Waals surface area contributed by atoms with Gasteiger partial charge < -0.3 is 14.2 Å². The summed E-state index contributed by atoms with van der Waals surface area (Å²) in [5, 5.41) is 0. The van der Waals surface area contributed by atoms with Crippen molar-refractivity contribution in [1.82, 2.24) is 4.90 Å². The average Bonchev–Trinajstić information content (AvgIpc) is 2.61. The molecule has 23 heavy (non-hydrogen) atoms. The van der Waals surface area contributed by atoms with Crippen molar-refractivity contribution in [3.8, 4) is 5.75 Å². The van der Waals surface area contributed by atoms with Crippen LogP contribution >= 0.6 is 15.9 Å². The van der Waals surface area contributed by atoms with E-state index in [9.17, 15) is 0 Å². The van der Waals surface area contributed by atoms with Crippen LogP contribution in [0.25, 0.3) is 0 Å². The van der Waals surface area contributed by atoms with Gasteiger partial charge in [-0.25, -0.2) is 0 Å². The van der Waals surface area contributed by atoms with E-state index in [2.05, 4.69) is 20.8 Å². The van der Waals surface area contributed by atoms with Crippen molar-refractivity contribution < 1.29 is 14.2 Å². The third-order valence-corrected chi connectivity index (χ3v) is 5.21. The van der Waals surface area contributed by atoms with Gasteiger partial charge in [-0.15, -0.1) is 0 Å². The molecule has 2 aliphatic rings. The van der Waals surface area contributed by atoms with Crippen molar-refractivity contribution >= 4 is 15.9 Å². The van der Waals surface area contributed by atoms with E-state index in [0.29, 0.717) is 25.4 Å².